The number of aliphatic carboxylic acids is 1. The lowest BCUT2D eigenvalue weighted by atomic mass is 10.0. The van der Waals surface area contributed by atoms with Gasteiger partial charge in [-0.1, -0.05) is 90.4 Å². The average molecular weight is 586 g/mol. The Bertz CT molecular complexity index is 726. The van der Waals surface area contributed by atoms with Crippen LogP contribution in [-0.2, 0) is 23.9 Å². The molecule has 1 unspecified atom stereocenters. The number of ether oxygens (including phenoxy) is 2. The van der Waals surface area contributed by atoms with E-state index in [1.165, 1.54) is 88.4 Å². The predicted octanol–water partition coefficient (Wildman–Crippen LogP) is 7.78. The summed E-state index contributed by atoms with van der Waals surface area (Å²) in [4.78, 5) is 37.4. The summed E-state index contributed by atoms with van der Waals surface area (Å²) >= 11 is 1.63. The zero-order valence-corrected chi connectivity index (χ0v) is 27.1. The lowest BCUT2D eigenvalue weighted by Crippen LogP contribution is -2.40. The Kier molecular flexibility index (Phi) is 19.1. The van der Waals surface area contributed by atoms with E-state index >= 15 is 0 Å². The SMILES string of the molecule is CCCCCCCCCCCCCCCCSC1CC(=O)N(CCOC(C)(C)COC(C)(C)CCC(=O)O)C1=O. The number of carboxylic acids is 1. The smallest absolute Gasteiger partial charge is 0.303 e. The summed E-state index contributed by atoms with van der Waals surface area (Å²) in [7, 11) is 0. The Morgan fingerprint density at radius 3 is 1.90 bits per heavy atom. The first-order chi connectivity index (χ1) is 19.0. The molecule has 1 rings (SSSR count). The van der Waals surface area contributed by atoms with Crippen molar-refractivity contribution in [3.8, 4) is 0 Å². The van der Waals surface area contributed by atoms with Gasteiger partial charge in [0.15, 0.2) is 0 Å². The van der Waals surface area contributed by atoms with Gasteiger partial charge in [0.05, 0.1) is 36.2 Å². The van der Waals surface area contributed by atoms with Crippen molar-refractivity contribution in [2.75, 3.05) is 25.5 Å². The number of thioether (sulfide) groups is 1. The second-order valence-electron chi connectivity index (χ2n) is 12.6. The van der Waals surface area contributed by atoms with E-state index in [4.69, 9.17) is 14.6 Å². The number of likely N-dealkylation sites (tertiary alicyclic amines) is 1. The summed E-state index contributed by atoms with van der Waals surface area (Å²) in [6.07, 6.45) is 19.4. The van der Waals surface area contributed by atoms with Crippen molar-refractivity contribution in [3.63, 3.8) is 0 Å². The van der Waals surface area contributed by atoms with Crippen LogP contribution < -0.4 is 0 Å². The Balaban J connectivity index is 2.11. The minimum Gasteiger partial charge on any atom is -0.481 e. The van der Waals surface area contributed by atoms with Crippen LogP contribution in [0.3, 0.4) is 0 Å². The van der Waals surface area contributed by atoms with Crippen molar-refractivity contribution < 1.29 is 29.0 Å². The van der Waals surface area contributed by atoms with E-state index < -0.39 is 17.2 Å². The minimum absolute atomic E-state index is 0.0477. The van der Waals surface area contributed by atoms with Gasteiger partial charge in [-0.05, 0) is 46.3 Å². The maximum absolute atomic E-state index is 12.8. The van der Waals surface area contributed by atoms with Crippen LogP contribution in [0.1, 0.15) is 144 Å². The molecule has 40 heavy (non-hydrogen) atoms. The second-order valence-corrected chi connectivity index (χ2v) is 13.9. The summed E-state index contributed by atoms with van der Waals surface area (Å²) < 4.78 is 11.8. The molecule has 0 aromatic heterocycles. The lowest BCUT2D eigenvalue weighted by molar-refractivity contribution is -0.147. The Morgan fingerprint density at radius 1 is 0.850 bits per heavy atom. The number of hydrogen-bond donors (Lipinski definition) is 1. The average Bonchev–Trinajstić information content (AvgIpc) is 3.16. The van der Waals surface area contributed by atoms with Gasteiger partial charge in [-0.25, -0.2) is 0 Å². The van der Waals surface area contributed by atoms with Gasteiger partial charge in [-0.2, -0.15) is 0 Å². The largest absolute Gasteiger partial charge is 0.481 e. The number of unbranched alkanes of at least 4 members (excludes halogenated alkanes) is 13. The summed E-state index contributed by atoms with van der Waals surface area (Å²) in [5.74, 6) is -0.124. The van der Waals surface area contributed by atoms with Crippen LogP contribution in [0, 0.1) is 0 Å². The number of imide groups is 1. The molecule has 0 spiro atoms. The summed E-state index contributed by atoms with van der Waals surface area (Å²) in [5, 5.41) is 8.63. The summed E-state index contributed by atoms with van der Waals surface area (Å²) in [6.45, 7) is 10.6. The quantitative estimate of drug-likeness (QED) is 0.0818. The molecule has 7 nitrogen and oxygen atoms in total. The highest BCUT2D eigenvalue weighted by Gasteiger charge is 2.38. The third-order valence-electron chi connectivity index (χ3n) is 7.58. The zero-order chi connectivity index (χ0) is 29.9. The van der Waals surface area contributed by atoms with E-state index in [-0.39, 0.29) is 43.1 Å². The fourth-order valence-electron chi connectivity index (χ4n) is 4.84. The molecule has 8 heteroatoms. The number of hydrogen-bond acceptors (Lipinski definition) is 6. The van der Waals surface area contributed by atoms with Crippen molar-refractivity contribution in [2.24, 2.45) is 0 Å². The van der Waals surface area contributed by atoms with Gasteiger partial charge in [-0.15, -0.1) is 11.8 Å². The van der Waals surface area contributed by atoms with Crippen LogP contribution in [-0.4, -0.2) is 69.8 Å². The van der Waals surface area contributed by atoms with Crippen LogP contribution in [0.5, 0.6) is 0 Å². The van der Waals surface area contributed by atoms with Crippen LogP contribution in [0.4, 0.5) is 0 Å². The molecular formula is C32H59NO6S. The van der Waals surface area contributed by atoms with E-state index in [2.05, 4.69) is 6.92 Å². The molecule has 1 atom stereocenters. The maximum Gasteiger partial charge on any atom is 0.303 e. The Hall–Kier alpha value is -1.12. The van der Waals surface area contributed by atoms with Crippen LogP contribution in [0.2, 0.25) is 0 Å². The van der Waals surface area contributed by atoms with Crippen molar-refractivity contribution >= 4 is 29.5 Å². The van der Waals surface area contributed by atoms with Crippen LogP contribution >= 0.6 is 11.8 Å². The molecule has 1 aliphatic rings. The first-order valence-corrected chi connectivity index (χ1v) is 17.0. The lowest BCUT2D eigenvalue weighted by Gasteiger charge is -2.32. The van der Waals surface area contributed by atoms with Crippen molar-refractivity contribution in [1.29, 1.82) is 0 Å². The van der Waals surface area contributed by atoms with E-state index in [9.17, 15) is 14.4 Å². The van der Waals surface area contributed by atoms with E-state index in [0.717, 1.165) is 12.2 Å². The standard InChI is InChI=1S/C32H59NO6S/c1-6-7-8-9-10-11-12-13-14-15-16-17-18-19-24-40-27-25-28(34)33(30(27)37)22-23-38-32(4,5)26-39-31(2,3)21-20-29(35)36/h27H,6-26H2,1-5H3,(H,35,36). The molecule has 0 aromatic carbocycles. The fourth-order valence-corrected chi connectivity index (χ4v) is 6.03. The maximum atomic E-state index is 12.8. The molecule has 234 valence electrons. The van der Waals surface area contributed by atoms with E-state index in [0.29, 0.717) is 13.0 Å². The highest BCUT2D eigenvalue weighted by atomic mass is 32.2. The van der Waals surface area contributed by atoms with Crippen LogP contribution in [0.15, 0.2) is 0 Å². The van der Waals surface area contributed by atoms with Crippen molar-refractivity contribution in [3.05, 3.63) is 0 Å². The minimum atomic E-state index is -0.844. The molecular weight excluding hydrogens is 526 g/mol. The Morgan fingerprint density at radius 2 is 1.38 bits per heavy atom. The number of carbonyl (C=O) groups is 3. The first kappa shape index (κ1) is 36.9. The van der Waals surface area contributed by atoms with Gasteiger partial charge in [0, 0.05) is 12.8 Å². The number of carbonyl (C=O) groups excluding carboxylic acids is 2. The summed E-state index contributed by atoms with van der Waals surface area (Å²) in [5.41, 5.74) is -1.19. The molecule has 0 aromatic rings. The number of nitrogens with zero attached hydrogens (tertiary/aromatic N) is 1. The molecule has 1 N–H and O–H groups in total. The second kappa shape index (κ2) is 20.7. The van der Waals surface area contributed by atoms with Gasteiger partial charge in [0.1, 0.15) is 0 Å². The zero-order valence-electron chi connectivity index (χ0n) is 26.3. The molecule has 1 saturated heterocycles. The third-order valence-corrected chi connectivity index (χ3v) is 8.87. The van der Waals surface area contributed by atoms with Crippen molar-refractivity contribution in [1.82, 2.24) is 4.90 Å². The van der Waals surface area contributed by atoms with E-state index in [1.807, 2.05) is 27.7 Å². The molecule has 2 amide bonds. The topological polar surface area (TPSA) is 93.1 Å². The fraction of sp³-hybridized carbons (Fsp3) is 0.906. The molecule has 1 fully saturated rings. The molecule has 0 radical (unpaired) electrons. The molecule has 1 heterocycles. The van der Waals surface area contributed by atoms with Gasteiger partial charge in [0.25, 0.3) is 0 Å². The molecule has 0 saturated carbocycles. The van der Waals surface area contributed by atoms with Crippen molar-refractivity contribution in [2.45, 2.75) is 160 Å². The molecule has 0 bridgehead atoms. The summed E-state index contributed by atoms with van der Waals surface area (Å²) in [6, 6.07) is 0. The number of amides is 2. The number of carboxylic acid groups (broad SMARTS) is 1. The van der Waals surface area contributed by atoms with Gasteiger partial charge in [0.2, 0.25) is 11.8 Å². The predicted molar refractivity (Wildman–Crippen MR) is 165 cm³/mol. The Labute approximate surface area is 248 Å². The van der Waals surface area contributed by atoms with E-state index in [1.54, 1.807) is 11.8 Å². The van der Waals surface area contributed by atoms with Gasteiger partial charge >= 0.3 is 5.97 Å². The van der Waals surface area contributed by atoms with Gasteiger partial charge in [-0.3, -0.25) is 19.3 Å². The number of rotatable bonds is 26. The highest BCUT2D eigenvalue weighted by Crippen LogP contribution is 2.27. The first-order valence-electron chi connectivity index (χ1n) is 15.9. The highest BCUT2D eigenvalue weighted by molar-refractivity contribution is 8.00. The molecule has 0 aliphatic carbocycles. The normalized spacial score (nSPS) is 16.3. The van der Waals surface area contributed by atoms with Crippen LogP contribution in [0.25, 0.3) is 0 Å². The monoisotopic (exact) mass is 585 g/mol. The van der Waals surface area contributed by atoms with Gasteiger partial charge < -0.3 is 14.6 Å². The molecule has 1 aliphatic heterocycles. The third kappa shape index (κ3) is 17.6.